The van der Waals surface area contributed by atoms with Crippen LogP contribution in [0.1, 0.15) is 12.8 Å². The molecule has 0 aromatic heterocycles. The Morgan fingerprint density at radius 1 is 1.50 bits per heavy atom. The van der Waals surface area contributed by atoms with Gasteiger partial charge in [-0.05, 0) is 6.42 Å². The number of carbonyl (C=O) groups excluding carboxylic acids is 1. The van der Waals surface area contributed by atoms with Crippen LogP contribution in [0.3, 0.4) is 0 Å². The van der Waals surface area contributed by atoms with Crippen LogP contribution in [-0.2, 0) is 14.3 Å². The zero-order valence-corrected chi connectivity index (χ0v) is 9.78. The first kappa shape index (κ1) is 15.3. The third kappa shape index (κ3) is 8.60. The van der Waals surface area contributed by atoms with E-state index in [0.717, 1.165) is 6.42 Å². The largest absolute Gasteiger partial charge is 0.394 e. The molecule has 0 radical (unpaired) electrons. The molecular formula is C10H22N2O4. The minimum absolute atomic E-state index is 0.0262. The Morgan fingerprint density at radius 3 is 2.81 bits per heavy atom. The first-order valence-electron chi connectivity index (χ1n) is 5.42. The lowest BCUT2D eigenvalue weighted by Crippen LogP contribution is -2.32. The molecule has 0 aromatic rings. The highest BCUT2D eigenvalue weighted by molar-refractivity contribution is 5.76. The van der Waals surface area contributed by atoms with Crippen molar-refractivity contribution in [2.75, 3.05) is 40.0 Å². The number of rotatable bonds is 10. The number of nitrogens with one attached hydrogen (secondary N) is 1. The van der Waals surface area contributed by atoms with Crippen LogP contribution in [-0.4, -0.2) is 57.1 Å². The third-order valence-corrected chi connectivity index (χ3v) is 2.03. The fourth-order valence-electron chi connectivity index (χ4n) is 1.11. The normalized spacial score (nSPS) is 12.4. The van der Waals surface area contributed by atoms with Gasteiger partial charge in [-0.2, -0.15) is 0 Å². The van der Waals surface area contributed by atoms with Crippen LogP contribution in [0, 0.1) is 0 Å². The maximum Gasteiger partial charge on any atom is 0.222 e. The van der Waals surface area contributed by atoms with Gasteiger partial charge in [-0.3, -0.25) is 4.79 Å². The van der Waals surface area contributed by atoms with Crippen LogP contribution in [0.15, 0.2) is 0 Å². The van der Waals surface area contributed by atoms with E-state index in [1.54, 1.807) is 0 Å². The first-order valence-corrected chi connectivity index (χ1v) is 5.42. The fourth-order valence-corrected chi connectivity index (χ4v) is 1.11. The van der Waals surface area contributed by atoms with E-state index in [4.69, 9.17) is 20.3 Å². The Morgan fingerprint density at radius 2 is 2.25 bits per heavy atom. The van der Waals surface area contributed by atoms with Gasteiger partial charge in [0.15, 0.2) is 0 Å². The predicted octanol–water partition coefficient (Wildman–Crippen LogP) is -1.13. The minimum Gasteiger partial charge on any atom is -0.394 e. The highest BCUT2D eigenvalue weighted by atomic mass is 16.5. The molecule has 0 spiro atoms. The van der Waals surface area contributed by atoms with Gasteiger partial charge in [-0.25, -0.2) is 0 Å². The van der Waals surface area contributed by atoms with E-state index in [1.807, 2.05) is 0 Å². The van der Waals surface area contributed by atoms with Crippen molar-refractivity contribution >= 4 is 5.91 Å². The molecule has 0 saturated heterocycles. The minimum atomic E-state index is -0.217. The zero-order valence-electron chi connectivity index (χ0n) is 9.78. The molecule has 4 N–H and O–H groups in total. The Bertz CT molecular complexity index is 174. The molecule has 6 heteroatoms. The molecule has 0 fully saturated rings. The summed E-state index contributed by atoms with van der Waals surface area (Å²) in [5.41, 5.74) is 5.39. The summed E-state index contributed by atoms with van der Waals surface area (Å²) in [4.78, 5) is 11.3. The molecule has 1 atom stereocenters. The number of aliphatic hydroxyl groups excluding tert-OH is 1. The van der Waals surface area contributed by atoms with E-state index in [1.165, 1.54) is 7.11 Å². The van der Waals surface area contributed by atoms with Crippen molar-refractivity contribution in [1.29, 1.82) is 0 Å². The lowest BCUT2D eigenvalue weighted by atomic mass is 10.2. The van der Waals surface area contributed by atoms with Crippen molar-refractivity contribution in [3.8, 4) is 0 Å². The van der Waals surface area contributed by atoms with Crippen LogP contribution in [0.25, 0.3) is 0 Å². The maximum atomic E-state index is 11.3. The number of nitrogens with two attached hydrogens (primary N) is 1. The number of amides is 1. The average molecular weight is 234 g/mol. The van der Waals surface area contributed by atoms with Crippen LogP contribution >= 0.6 is 0 Å². The van der Waals surface area contributed by atoms with E-state index in [-0.39, 0.29) is 25.0 Å². The van der Waals surface area contributed by atoms with E-state index in [0.29, 0.717) is 26.3 Å². The van der Waals surface area contributed by atoms with E-state index >= 15 is 0 Å². The zero-order chi connectivity index (χ0) is 12.2. The van der Waals surface area contributed by atoms with Crippen molar-refractivity contribution in [1.82, 2.24) is 5.32 Å². The average Bonchev–Trinajstić information content (AvgIpc) is 2.30. The summed E-state index contributed by atoms with van der Waals surface area (Å²) < 4.78 is 10.0. The van der Waals surface area contributed by atoms with Gasteiger partial charge in [0, 0.05) is 26.8 Å². The van der Waals surface area contributed by atoms with Crippen molar-refractivity contribution in [2.45, 2.75) is 18.9 Å². The second kappa shape index (κ2) is 10.8. The standard InChI is InChI=1S/C10H22N2O4/c1-15-9(8-11)7-10(14)12-3-2-5-16-6-4-13/h9,13H,2-8,11H2,1H3,(H,12,14). The van der Waals surface area contributed by atoms with Gasteiger partial charge in [0.25, 0.3) is 0 Å². The van der Waals surface area contributed by atoms with Crippen LogP contribution < -0.4 is 11.1 Å². The summed E-state index contributed by atoms with van der Waals surface area (Å²) in [6, 6.07) is 0. The van der Waals surface area contributed by atoms with Gasteiger partial charge in [0.2, 0.25) is 5.91 Å². The maximum absolute atomic E-state index is 11.3. The molecule has 1 amide bonds. The van der Waals surface area contributed by atoms with Crippen molar-refractivity contribution < 1.29 is 19.4 Å². The molecule has 0 saturated carbocycles. The van der Waals surface area contributed by atoms with Gasteiger partial charge in [-0.15, -0.1) is 0 Å². The van der Waals surface area contributed by atoms with E-state index in [9.17, 15) is 4.79 Å². The summed E-state index contributed by atoms with van der Waals surface area (Å²) in [5.74, 6) is -0.0699. The van der Waals surface area contributed by atoms with E-state index in [2.05, 4.69) is 5.32 Å². The Hall–Kier alpha value is -0.690. The SMILES string of the molecule is COC(CN)CC(=O)NCCCOCCO. The molecule has 16 heavy (non-hydrogen) atoms. The smallest absolute Gasteiger partial charge is 0.222 e. The molecule has 1 unspecified atom stereocenters. The van der Waals surface area contributed by atoms with Crippen LogP contribution in [0.4, 0.5) is 0 Å². The molecule has 0 aliphatic rings. The van der Waals surface area contributed by atoms with Gasteiger partial charge in [-0.1, -0.05) is 0 Å². The molecule has 6 nitrogen and oxygen atoms in total. The van der Waals surface area contributed by atoms with E-state index < -0.39 is 0 Å². The molecule has 0 bridgehead atoms. The summed E-state index contributed by atoms with van der Waals surface area (Å²) in [6.45, 7) is 1.80. The van der Waals surface area contributed by atoms with Crippen LogP contribution in [0.5, 0.6) is 0 Å². The summed E-state index contributed by atoms with van der Waals surface area (Å²) >= 11 is 0. The van der Waals surface area contributed by atoms with Gasteiger partial charge in [0.05, 0.1) is 25.7 Å². The quantitative estimate of drug-likeness (QED) is 0.416. The summed E-state index contributed by atoms with van der Waals surface area (Å²) in [7, 11) is 1.54. The monoisotopic (exact) mass is 234 g/mol. The van der Waals surface area contributed by atoms with Gasteiger partial charge in [0.1, 0.15) is 0 Å². The fraction of sp³-hybridized carbons (Fsp3) is 0.900. The molecule has 0 aromatic carbocycles. The Kier molecular flexibility index (Phi) is 10.3. The Labute approximate surface area is 96.1 Å². The number of hydrogen-bond acceptors (Lipinski definition) is 5. The molecule has 0 aliphatic carbocycles. The first-order chi connectivity index (χ1) is 7.74. The number of hydrogen-bond donors (Lipinski definition) is 3. The van der Waals surface area contributed by atoms with Gasteiger partial charge >= 0.3 is 0 Å². The second-order valence-corrected chi connectivity index (χ2v) is 3.34. The van der Waals surface area contributed by atoms with Crippen molar-refractivity contribution in [3.63, 3.8) is 0 Å². The second-order valence-electron chi connectivity index (χ2n) is 3.34. The highest BCUT2D eigenvalue weighted by Crippen LogP contribution is 1.94. The van der Waals surface area contributed by atoms with Gasteiger partial charge < -0.3 is 25.6 Å². The number of ether oxygens (including phenoxy) is 2. The summed E-state index contributed by atoms with van der Waals surface area (Å²) in [5, 5.41) is 11.2. The van der Waals surface area contributed by atoms with Crippen molar-refractivity contribution in [2.24, 2.45) is 5.73 Å². The highest BCUT2D eigenvalue weighted by Gasteiger charge is 2.10. The lowest BCUT2D eigenvalue weighted by Gasteiger charge is -2.12. The molecule has 0 heterocycles. The number of methoxy groups -OCH3 is 1. The molecule has 0 aliphatic heterocycles. The topological polar surface area (TPSA) is 93.8 Å². The van der Waals surface area contributed by atoms with Crippen molar-refractivity contribution in [3.05, 3.63) is 0 Å². The predicted molar refractivity (Wildman–Crippen MR) is 60.0 cm³/mol. The number of aliphatic hydroxyl groups is 1. The molecule has 0 rings (SSSR count). The Balaban J connectivity index is 3.36. The lowest BCUT2D eigenvalue weighted by molar-refractivity contribution is -0.123. The number of carbonyl (C=O) groups is 1. The summed E-state index contributed by atoms with van der Waals surface area (Å²) in [6.07, 6.45) is 0.793. The molecule has 96 valence electrons. The molecular weight excluding hydrogens is 212 g/mol. The van der Waals surface area contributed by atoms with Crippen LogP contribution in [0.2, 0.25) is 0 Å². The third-order valence-electron chi connectivity index (χ3n) is 2.03.